The maximum absolute atomic E-state index is 14.0. The lowest BCUT2D eigenvalue weighted by Gasteiger charge is -2.30. The second kappa shape index (κ2) is 11.2. The summed E-state index contributed by atoms with van der Waals surface area (Å²) in [6.45, 7) is 1.02. The van der Waals surface area contributed by atoms with Crippen LogP contribution in [0.25, 0.3) is 10.9 Å². The molecule has 5 atom stereocenters. The van der Waals surface area contributed by atoms with Gasteiger partial charge in [0.2, 0.25) is 17.6 Å². The maximum Gasteiger partial charge on any atom is 0.289 e. The molecule has 218 valence electrons. The molecule has 2 saturated carbocycles. The number of H-pyrrole nitrogens is 1. The number of aromatic amines is 1. The van der Waals surface area contributed by atoms with Crippen molar-refractivity contribution in [2.75, 3.05) is 20.2 Å². The van der Waals surface area contributed by atoms with Crippen LogP contribution < -0.4 is 20.7 Å². The number of carbonyl (C=O) groups excluding carboxylic acids is 5. The highest BCUT2D eigenvalue weighted by molar-refractivity contribution is 6.38. The first-order valence-corrected chi connectivity index (χ1v) is 14.7. The van der Waals surface area contributed by atoms with Crippen molar-refractivity contribution in [3.8, 4) is 5.75 Å². The van der Waals surface area contributed by atoms with E-state index in [1.807, 2.05) is 18.2 Å². The predicted molar refractivity (Wildman–Crippen MR) is 149 cm³/mol. The number of fused-ring (bicyclic) bond motifs is 2. The van der Waals surface area contributed by atoms with Gasteiger partial charge >= 0.3 is 0 Å². The first kappa shape index (κ1) is 27.3. The third-order valence-corrected chi connectivity index (χ3v) is 9.18. The number of ketones is 1. The summed E-state index contributed by atoms with van der Waals surface area (Å²) in [4.78, 5) is 71.2. The van der Waals surface area contributed by atoms with E-state index in [4.69, 9.17) is 4.74 Å². The minimum Gasteiger partial charge on any atom is -0.496 e. The summed E-state index contributed by atoms with van der Waals surface area (Å²) in [6, 6.07) is 5.33. The van der Waals surface area contributed by atoms with Crippen molar-refractivity contribution in [2.45, 2.75) is 69.5 Å². The number of amides is 4. The number of Topliss-reactive ketones (excluding diaryl/α,β-unsaturated/α-hetero) is 1. The van der Waals surface area contributed by atoms with Crippen molar-refractivity contribution in [1.29, 1.82) is 0 Å². The lowest BCUT2D eigenvalue weighted by Crippen LogP contribution is -2.56. The third kappa shape index (κ3) is 5.41. The molecule has 0 spiro atoms. The molecule has 2 aliphatic carbocycles. The Morgan fingerprint density at radius 2 is 1.93 bits per heavy atom. The number of aromatic nitrogens is 1. The zero-order chi connectivity index (χ0) is 28.7. The smallest absolute Gasteiger partial charge is 0.289 e. The fraction of sp³-hybridized carbons (Fsp3) is 0.567. The highest BCUT2D eigenvalue weighted by Crippen LogP contribution is 2.43. The molecular formula is C30H37N5O6. The molecule has 1 aromatic carbocycles. The number of carbonyl (C=O) groups is 5. The zero-order valence-electron chi connectivity index (χ0n) is 23.2. The summed E-state index contributed by atoms with van der Waals surface area (Å²) in [5, 5.41) is 9.15. The Bertz CT molecular complexity index is 1380. The monoisotopic (exact) mass is 563 g/mol. The molecule has 11 heteroatoms. The van der Waals surface area contributed by atoms with Crippen LogP contribution in [0.1, 0.15) is 61.9 Å². The molecule has 2 aromatic rings. The van der Waals surface area contributed by atoms with Crippen LogP contribution in [0.4, 0.5) is 0 Å². The number of hydrogen-bond donors (Lipinski definition) is 4. The summed E-state index contributed by atoms with van der Waals surface area (Å²) in [6.07, 6.45) is 5.74. The number of hydrogen-bond acceptors (Lipinski definition) is 6. The number of nitrogens with one attached hydrogen (secondary N) is 4. The quantitative estimate of drug-likeness (QED) is 0.341. The lowest BCUT2D eigenvalue weighted by molar-refractivity contribution is -0.141. The standard InChI is InChI=1S/C30H37N5O6/c1-41-24-9-3-8-21-20(24)14-23(33-21)30(40)35-15-17-5-2-7-19(17)25(35)28(38)34-22(13-16-6-4-12-31-27(16)37)26(36)29(39)32-18-10-11-18/h3,8-9,14,16-19,22,25,33H,2,4-7,10-13,15H2,1H3,(H,31,37)(H,32,39)(H,34,38)/t16-,17-,19-,22-,25-/m0/s1. The van der Waals surface area contributed by atoms with Crippen LogP contribution in [0, 0.1) is 17.8 Å². The third-order valence-electron chi connectivity index (χ3n) is 9.18. The summed E-state index contributed by atoms with van der Waals surface area (Å²) < 4.78 is 5.45. The predicted octanol–water partition coefficient (Wildman–Crippen LogP) is 1.67. The van der Waals surface area contributed by atoms with Gasteiger partial charge in [-0.05, 0) is 75.0 Å². The van der Waals surface area contributed by atoms with Crippen LogP contribution >= 0.6 is 0 Å². The molecule has 4 aliphatic rings. The Morgan fingerprint density at radius 3 is 2.68 bits per heavy atom. The Kier molecular flexibility index (Phi) is 7.44. The molecule has 0 unspecified atom stereocenters. The van der Waals surface area contributed by atoms with Crippen molar-refractivity contribution in [3.05, 3.63) is 30.0 Å². The number of methoxy groups -OCH3 is 1. The van der Waals surface area contributed by atoms with Crippen LogP contribution in [-0.2, 0) is 19.2 Å². The minimum atomic E-state index is -1.15. The molecule has 41 heavy (non-hydrogen) atoms. The van der Waals surface area contributed by atoms with Gasteiger partial charge in [-0.15, -0.1) is 0 Å². The highest BCUT2D eigenvalue weighted by atomic mass is 16.5. The fourth-order valence-corrected chi connectivity index (χ4v) is 6.90. The van der Waals surface area contributed by atoms with E-state index in [0.717, 1.165) is 49.4 Å². The van der Waals surface area contributed by atoms with E-state index in [1.165, 1.54) is 0 Å². The van der Waals surface area contributed by atoms with Gasteiger partial charge in [0, 0.05) is 36.0 Å². The van der Waals surface area contributed by atoms with Crippen molar-refractivity contribution in [2.24, 2.45) is 17.8 Å². The van der Waals surface area contributed by atoms with Gasteiger partial charge < -0.3 is 30.6 Å². The van der Waals surface area contributed by atoms with Gasteiger partial charge in [0.1, 0.15) is 17.5 Å². The molecule has 3 heterocycles. The molecule has 0 radical (unpaired) electrons. The van der Waals surface area contributed by atoms with E-state index in [-0.39, 0.29) is 36.1 Å². The molecule has 6 rings (SSSR count). The summed E-state index contributed by atoms with van der Waals surface area (Å²) in [7, 11) is 1.57. The Hall–Kier alpha value is -3.89. The number of rotatable bonds is 9. The van der Waals surface area contributed by atoms with Crippen LogP contribution in [0.15, 0.2) is 24.3 Å². The Labute approximate surface area is 238 Å². The SMILES string of the molecule is COc1cccc2[nH]c(C(=O)N3C[C@@H]4CCC[C@@H]4[C@H]3C(=O)N[C@@H](C[C@@H]3CCCNC3=O)C(=O)C(=O)NC3CC3)cc12. The second-order valence-electron chi connectivity index (χ2n) is 11.9. The summed E-state index contributed by atoms with van der Waals surface area (Å²) in [5.74, 6) is -2.08. The van der Waals surface area contributed by atoms with E-state index < -0.39 is 35.6 Å². The number of ether oxygens (including phenoxy) is 1. The maximum atomic E-state index is 14.0. The summed E-state index contributed by atoms with van der Waals surface area (Å²) in [5.41, 5.74) is 1.11. The number of nitrogens with zero attached hydrogens (tertiary/aromatic N) is 1. The molecule has 2 aliphatic heterocycles. The van der Waals surface area contributed by atoms with E-state index in [1.54, 1.807) is 18.1 Å². The largest absolute Gasteiger partial charge is 0.496 e. The second-order valence-corrected chi connectivity index (χ2v) is 11.9. The van der Waals surface area contributed by atoms with Crippen molar-refractivity contribution in [1.82, 2.24) is 25.8 Å². The van der Waals surface area contributed by atoms with Crippen molar-refractivity contribution >= 4 is 40.3 Å². The van der Waals surface area contributed by atoms with Crippen molar-refractivity contribution < 1.29 is 28.7 Å². The van der Waals surface area contributed by atoms with Crippen LogP contribution in [0.2, 0.25) is 0 Å². The van der Waals surface area contributed by atoms with Gasteiger partial charge in [-0.3, -0.25) is 24.0 Å². The minimum absolute atomic E-state index is 0.0158. The molecular weight excluding hydrogens is 526 g/mol. The molecule has 0 bridgehead atoms. The van der Waals surface area contributed by atoms with Gasteiger partial charge in [-0.1, -0.05) is 12.5 Å². The van der Waals surface area contributed by atoms with Gasteiger partial charge in [0.25, 0.3) is 11.8 Å². The average molecular weight is 564 g/mol. The van der Waals surface area contributed by atoms with E-state index in [2.05, 4.69) is 20.9 Å². The van der Waals surface area contributed by atoms with Gasteiger partial charge in [-0.25, -0.2) is 0 Å². The normalized spacial score (nSPS) is 26.3. The molecule has 4 amide bonds. The lowest BCUT2D eigenvalue weighted by atomic mass is 9.89. The van der Waals surface area contributed by atoms with E-state index in [0.29, 0.717) is 31.0 Å². The molecule has 11 nitrogen and oxygen atoms in total. The van der Waals surface area contributed by atoms with Gasteiger partial charge in [0.15, 0.2) is 0 Å². The Morgan fingerprint density at radius 1 is 1.10 bits per heavy atom. The van der Waals surface area contributed by atoms with Crippen LogP contribution in [-0.4, -0.2) is 77.6 Å². The van der Waals surface area contributed by atoms with E-state index >= 15 is 0 Å². The van der Waals surface area contributed by atoms with Crippen LogP contribution in [0.3, 0.4) is 0 Å². The van der Waals surface area contributed by atoms with Gasteiger partial charge in [0.05, 0.1) is 13.2 Å². The van der Waals surface area contributed by atoms with Crippen molar-refractivity contribution in [3.63, 3.8) is 0 Å². The van der Waals surface area contributed by atoms with Crippen LogP contribution in [0.5, 0.6) is 5.75 Å². The number of benzene rings is 1. The summed E-state index contributed by atoms with van der Waals surface area (Å²) >= 11 is 0. The first-order valence-electron chi connectivity index (χ1n) is 14.7. The Balaban J connectivity index is 1.25. The molecule has 2 saturated heterocycles. The zero-order valence-corrected chi connectivity index (χ0v) is 23.2. The highest BCUT2D eigenvalue weighted by Gasteiger charge is 2.50. The fourth-order valence-electron chi connectivity index (χ4n) is 6.90. The molecule has 4 fully saturated rings. The number of piperidine rings is 1. The molecule has 1 aromatic heterocycles. The van der Waals surface area contributed by atoms with Gasteiger partial charge in [-0.2, -0.15) is 0 Å². The average Bonchev–Trinajstić information content (AvgIpc) is 3.34. The number of likely N-dealkylation sites (tertiary alicyclic amines) is 1. The first-order chi connectivity index (χ1) is 19.8. The topological polar surface area (TPSA) is 150 Å². The molecule has 4 N–H and O–H groups in total. The van der Waals surface area contributed by atoms with E-state index in [9.17, 15) is 24.0 Å².